The van der Waals surface area contributed by atoms with Crippen LogP contribution in [0.4, 0.5) is 0 Å². The van der Waals surface area contributed by atoms with Gasteiger partial charge in [-0.3, -0.25) is 0 Å². The first-order chi connectivity index (χ1) is 8.42. The largest absolute Gasteiger partial charge is 0.384 e. The second-order valence-electron chi connectivity index (χ2n) is 4.52. The zero-order valence-electron chi connectivity index (χ0n) is 11.5. The highest BCUT2D eigenvalue weighted by Gasteiger charge is 2.25. The van der Waals surface area contributed by atoms with E-state index in [1.165, 1.54) is 31.2 Å². The van der Waals surface area contributed by atoms with E-state index in [1.54, 1.807) is 0 Å². The van der Waals surface area contributed by atoms with Crippen molar-refractivity contribution in [2.75, 3.05) is 13.7 Å². The van der Waals surface area contributed by atoms with Gasteiger partial charge in [0.05, 0.1) is 0 Å². The third-order valence-corrected chi connectivity index (χ3v) is 3.52. The Morgan fingerprint density at radius 1 is 1.06 bits per heavy atom. The number of benzene rings is 1. The topological polar surface area (TPSA) is 9.23 Å². The van der Waals surface area contributed by atoms with Crippen molar-refractivity contribution >= 4 is 0 Å². The molecule has 0 spiro atoms. The van der Waals surface area contributed by atoms with Gasteiger partial charge in [0.1, 0.15) is 0 Å². The van der Waals surface area contributed by atoms with E-state index in [0.29, 0.717) is 0 Å². The third kappa shape index (κ3) is 4.16. The maximum Gasteiger partial charge on any atom is 0.0496 e. The molecular weight excluding hydrogens is 208 g/mol. The molecule has 17 heavy (non-hydrogen) atoms. The van der Waals surface area contributed by atoms with Gasteiger partial charge in [-0.25, -0.2) is 0 Å². The lowest BCUT2D eigenvalue weighted by atomic mass is 9.76. The van der Waals surface area contributed by atoms with Gasteiger partial charge in [-0.1, -0.05) is 57.0 Å². The highest BCUT2D eigenvalue weighted by molar-refractivity contribution is 5.20. The molecule has 0 saturated heterocycles. The number of methoxy groups -OCH3 is 1. The van der Waals surface area contributed by atoms with Gasteiger partial charge in [0.15, 0.2) is 0 Å². The van der Waals surface area contributed by atoms with Crippen LogP contribution in [0.2, 0.25) is 0 Å². The van der Waals surface area contributed by atoms with E-state index in [0.717, 1.165) is 18.4 Å². The molecule has 2 rings (SSSR count). The number of ether oxygens (including phenoxy) is 1. The van der Waals surface area contributed by atoms with Crippen molar-refractivity contribution in [3.63, 3.8) is 0 Å². The molecule has 0 heterocycles. The smallest absolute Gasteiger partial charge is 0.0496 e. The lowest BCUT2D eigenvalue weighted by molar-refractivity contribution is 0.118. The van der Waals surface area contributed by atoms with Crippen LogP contribution in [0, 0.1) is 5.92 Å². The fourth-order valence-corrected chi connectivity index (χ4v) is 2.76. The fraction of sp³-hybridized carbons (Fsp3) is 0.625. The van der Waals surface area contributed by atoms with Gasteiger partial charge in [0.25, 0.3) is 0 Å². The summed E-state index contributed by atoms with van der Waals surface area (Å²) in [5, 5.41) is 0. The van der Waals surface area contributed by atoms with Crippen LogP contribution in [0.25, 0.3) is 0 Å². The minimum Gasteiger partial charge on any atom is -0.384 e. The molecule has 0 N–H and O–H groups in total. The Bertz CT molecular complexity index is 279. The Balaban J connectivity index is 0.000000686. The van der Waals surface area contributed by atoms with Crippen molar-refractivity contribution < 1.29 is 4.74 Å². The van der Waals surface area contributed by atoms with Crippen LogP contribution in [-0.2, 0) is 4.74 Å². The standard InChI is InChI=1S/C14H20O.C2H6/c1-15-11-13-9-5-6-10-14(13)12-7-3-2-4-8-12;1-2/h2-4,7-8,13-14H,5-6,9-11H2,1H3;1-2H3/t13-,14-;/m1./s1. The Morgan fingerprint density at radius 2 is 1.71 bits per heavy atom. The van der Waals surface area contributed by atoms with Gasteiger partial charge in [-0.2, -0.15) is 0 Å². The van der Waals surface area contributed by atoms with Gasteiger partial charge in [0, 0.05) is 13.7 Å². The van der Waals surface area contributed by atoms with Gasteiger partial charge in [-0.15, -0.1) is 0 Å². The van der Waals surface area contributed by atoms with Crippen molar-refractivity contribution in [3.05, 3.63) is 35.9 Å². The lowest BCUT2D eigenvalue weighted by Crippen LogP contribution is -2.21. The molecule has 1 aromatic rings. The summed E-state index contributed by atoms with van der Waals surface area (Å²) >= 11 is 0. The molecule has 0 aromatic heterocycles. The zero-order valence-corrected chi connectivity index (χ0v) is 11.5. The van der Waals surface area contributed by atoms with Crippen molar-refractivity contribution in [1.82, 2.24) is 0 Å². The molecule has 0 amide bonds. The van der Waals surface area contributed by atoms with E-state index >= 15 is 0 Å². The van der Waals surface area contributed by atoms with Crippen molar-refractivity contribution in [1.29, 1.82) is 0 Å². The second kappa shape index (κ2) is 8.30. The normalized spacial score (nSPS) is 23.7. The first-order valence-corrected chi connectivity index (χ1v) is 6.95. The van der Waals surface area contributed by atoms with E-state index in [2.05, 4.69) is 30.3 Å². The second-order valence-corrected chi connectivity index (χ2v) is 4.52. The molecule has 96 valence electrons. The summed E-state index contributed by atoms with van der Waals surface area (Å²) in [4.78, 5) is 0. The van der Waals surface area contributed by atoms with Gasteiger partial charge in [0.2, 0.25) is 0 Å². The lowest BCUT2D eigenvalue weighted by Gasteiger charge is -2.31. The molecule has 0 unspecified atom stereocenters. The van der Waals surface area contributed by atoms with Crippen LogP contribution in [-0.4, -0.2) is 13.7 Å². The molecule has 0 bridgehead atoms. The molecule has 1 saturated carbocycles. The van der Waals surface area contributed by atoms with Crippen LogP contribution >= 0.6 is 0 Å². The van der Waals surface area contributed by atoms with E-state index < -0.39 is 0 Å². The maximum absolute atomic E-state index is 5.33. The van der Waals surface area contributed by atoms with Crippen LogP contribution in [0.1, 0.15) is 51.0 Å². The minimum atomic E-state index is 0.722. The molecular formula is C16H26O. The number of rotatable bonds is 3. The SMILES string of the molecule is CC.COC[C@H]1CCCC[C@@H]1c1ccccc1. The summed E-state index contributed by atoms with van der Waals surface area (Å²) in [7, 11) is 1.82. The fourth-order valence-electron chi connectivity index (χ4n) is 2.76. The van der Waals surface area contributed by atoms with Crippen molar-refractivity contribution in [2.45, 2.75) is 45.4 Å². The van der Waals surface area contributed by atoms with Crippen molar-refractivity contribution in [2.24, 2.45) is 5.92 Å². The van der Waals surface area contributed by atoms with Crippen LogP contribution in [0.15, 0.2) is 30.3 Å². The Labute approximate surface area is 106 Å². The predicted octanol–water partition coefficient (Wildman–Crippen LogP) is 4.63. The predicted molar refractivity (Wildman–Crippen MR) is 74.4 cm³/mol. The number of hydrogen-bond acceptors (Lipinski definition) is 1. The molecule has 0 radical (unpaired) electrons. The molecule has 1 nitrogen and oxygen atoms in total. The zero-order chi connectivity index (χ0) is 12.5. The molecule has 1 aliphatic carbocycles. The minimum absolute atomic E-state index is 0.722. The van der Waals surface area contributed by atoms with Crippen LogP contribution < -0.4 is 0 Å². The summed E-state index contributed by atoms with van der Waals surface area (Å²) in [5.41, 5.74) is 1.50. The molecule has 0 aliphatic heterocycles. The van der Waals surface area contributed by atoms with Crippen LogP contribution in [0.3, 0.4) is 0 Å². The highest BCUT2D eigenvalue weighted by Crippen LogP contribution is 2.37. The summed E-state index contributed by atoms with van der Waals surface area (Å²) in [6.07, 6.45) is 5.41. The highest BCUT2D eigenvalue weighted by atomic mass is 16.5. The molecule has 1 aliphatic rings. The van der Waals surface area contributed by atoms with Crippen molar-refractivity contribution in [3.8, 4) is 0 Å². The first kappa shape index (κ1) is 14.2. The quantitative estimate of drug-likeness (QED) is 0.740. The summed E-state index contributed by atoms with van der Waals surface area (Å²) in [6.45, 7) is 4.92. The first-order valence-electron chi connectivity index (χ1n) is 6.95. The van der Waals surface area contributed by atoms with Gasteiger partial charge < -0.3 is 4.74 Å². The number of hydrogen-bond donors (Lipinski definition) is 0. The summed E-state index contributed by atoms with van der Waals surface area (Å²) in [5.74, 6) is 1.45. The molecule has 1 aromatic carbocycles. The van der Waals surface area contributed by atoms with Crippen LogP contribution in [0.5, 0.6) is 0 Å². The third-order valence-electron chi connectivity index (χ3n) is 3.52. The average molecular weight is 234 g/mol. The summed E-state index contributed by atoms with van der Waals surface area (Å²) < 4.78 is 5.33. The van der Waals surface area contributed by atoms with E-state index in [9.17, 15) is 0 Å². The van der Waals surface area contributed by atoms with Gasteiger partial charge >= 0.3 is 0 Å². The monoisotopic (exact) mass is 234 g/mol. The van der Waals surface area contributed by atoms with Gasteiger partial charge in [-0.05, 0) is 30.2 Å². The maximum atomic E-state index is 5.33. The van der Waals surface area contributed by atoms with E-state index in [4.69, 9.17) is 4.74 Å². The average Bonchev–Trinajstić information content (AvgIpc) is 2.43. The Kier molecular flexibility index (Phi) is 6.95. The summed E-state index contributed by atoms with van der Waals surface area (Å²) in [6, 6.07) is 10.9. The molecule has 1 heteroatoms. The van der Waals surface area contributed by atoms with E-state index in [1.807, 2.05) is 21.0 Å². The molecule has 1 fully saturated rings. The Morgan fingerprint density at radius 3 is 2.35 bits per heavy atom. The molecule has 2 atom stereocenters. The Hall–Kier alpha value is -0.820. The van der Waals surface area contributed by atoms with E-state index in [-0.39, 0.29) is 0 Å².